The van der Waals surface area contributed by atoms with Crippen molar-refractivity contribution < 1.29 is 4.79 Å². The van der Waals surface area contributed by atoms with Crippen LogP contribution in [0.2, 0.25) is 0 Å². The lowest BCUT2D eigenvalue weighted by atomic mass is 10.2. The highest BCUT2D eigenvalue weighted by atomic mass is 16.1. The summed E-state index contributed by atoms with van der Waals surface area (Å²) in [5.74, 6) is 0.100. The van der Waals surface area contributed by atoms with Gasteiger partial charge in [0.05, 0.1) is 5.69 Å². The Hall–Kier alpha value is -1.82. The molecular weight excluding hydrogens is 242 g/mol. The van der Waals surface area contributed by atoms with Crippen molar-refractivity contribution >= 4 is 17.4 Å². The summed E-state index contributed by atoms with van der Waals surface area (Å²) in [7, 11) is 4.08. The fraction of sp³-hybridized carbons (Fsp3) is 0.538. The van der Waals surface area contributed by atoms with Gasteiger partial charge >= 0.3 is 0 Å². The van der Waals surface area contributed by atoms with E-state index in [4.69, 9.17) is 11.5 Å². The number of anilines is 2. The van der Waals surface area contributed by atoms with Gasteiger partial charge in [0.2, 0.25) is 0 Å². The van der Waals surface area contributed by atoms with Crippen molar-refractivity contribution in [2.75, 3.05) is 44.4 Å². The Kier molecular flexibility index (Phi) is 5.57. The predicted octanol–water partition coefficient (Wildman–Crippen LogP) is 0.541. The number of hydrogen-bond acceptors (Lipinski definition) is 5. The molecule has 0 bridgehead atoms. The van der Waals surface area contributed by atoms with Crippen molar-refractivity contribution in [2.24, 2.45) is 5.73 Å². The van der Waals surface area contributed by atoms with Crippen molar-refractivity contribution in [1.82, 2.24) is 9.88 Å². The van der Waals surface area contributed by atoms with Crippen molar-refractivity contribution in [3.05, 3.63) is 17.8 Å². The monoisotopic (exact) mass is 265 g/mol. The third-order valence-electron chi connectivity index (χ3n) is 2.87. The number of carbonyl (C=O) groups is 1. The SMILES string of the molecule is CCN(CCCN(C)C)c1nc(C(N)=O)ccc1N. The van der Waals surface area contributed by atoms with Gasteiger partial charge in [-0.25, -0.2) is 4.98 Å². The molecule has 0 fully saturated rings. The summed E-state index contributed by atoms with van der Waals surface area (Å²) in [4.78, 5) is 19.6. The zero-order chi connectivity index (χ0) is 14.4. The Morgan fingerprint density at radius 3 is 2.53 bits per heavy atom. The third kappa shape index (κ3) is 4.40. The first-order valence-electron chi connectivity index (χ1n) is 6.41. The van der Waals surface area contributed by atoms with E-state index in [0.29, 0.717) is 11.5 Å². The quantitative estimate of drug-likeness (QED) is 0.751. The smallest absolute Gasteiger partial charge is 0.267 e. The minimum atomic E-state index is -0.536. The van der Waals surface area contributed by atoms with Gasteiger partial charge in [-0.3, -0.25) is 4.79 Å². The molecule has 0 spiro atoms. The van der Waals surface area contributed by atoms with Crippen LogP contribution in [0, 0.1) is 0 Å². The summed E-state index contributed by atoms with van der Waals surface area (Å²) in [5, 5.41) is 0. The number of pyridine rings is 1. The Labute approximate surface area is 114 Å². The number of hydrogen-bond donors (Lipinski definition) is 2. The molecule has 0 aromatic carbocycles. The molecule has 4 N–H and O–H groups in total. The second kappa shape index (κ2) is 6.94. The van der Waals surface area contributed by atoms with Crippen LogP contribution in [-0.2, 0) is 0 Å². The number of nitrogens with zero attached hydrogens (tertiary/aromatic N) is 3. The third-order valence-corrected chi connectivity index (χ3v) is 2.87. The highest BCUT2D eigenvalue weighted by molar-refractivity contribution is 5.91. The van der Waals surface area contributed by atoms with Crippen LogP contribution in [0.15, 0.2) is 12.1 Å². The van der Waals surface area contributed by atoms with E-state index in [-0.39, 0.29) is 5.69 Å². The molecule has 0 aliphatic rings. The first kappa shape index (κ1) is 15.2. The summed E-state index contributed by atoms with van der Waals surface area (Å²) in [6, 6.07) is 3.23. The molecule has 0 radical (unpaired) electrons. The topological polar surface area (TPSA) is 88.5 Å². The van der Waals surface area contributed by atoms with Crippen LogP contribution in [0.1, 0.15) is 23.8 Å². The maximum Gasteiger partial charge on any atom is 0.267 e. The first-order chi connectivity index (χ1) is 8.95. The van der Waals surface area contributed by atoms with Crippen LogP contribution in [0.3, 0.4) is 0 Å². The van der Waals surface area contributed by atoms with Crippen molar-refractivity contribution in [3.8, 4) is 0 Å². The van der Waals surface area contributed by atoms with Gasteiger partial charge in [0.1, 0.15) is 5.69 Å². The van der Waals surface area contributed by atoms with E-state index >= 15 is 0 Å². The van der Waals surface area contributed by atoms with Crippen LogP contribution in [0.4, 0.5) is 11.5 Å². The van der Waals surface area contributed by atoms with Gasteiger partial charge in [-0.15, -0.1) is 0 Å². The molecule has 1 amide bonds. The Morgan fingerprint density at radius 2 is 2.00 bits per heavy atom. The van der Waals surface area contributed by atoms with E-state index in [1.54, 1.807) is 12.1 Å². The molecule has 1 heterocycles. The summed E-state index contributed by atoms with van der Waals surface area (Å²) in [5.41, 5.74) is 12.0. The Morgan fingerprint density at radius 1 is 1.32 bits per heavy atom. The minimum Gasteiger partial charge on any atom is -0.396 e. The molecule has 106 valence electrons. The molecule has 0 saturated carbocycles. The second-order valence-corrected chi connectivity index (χ2v) is 4.71. The maximum atomic E-state index is 11.2. The standard InChI is InChI=1S/C13H23N5O/c1-4-18(9-5-8-17(2)3)13-10(14)6-7-11(16-13)12(15)19/h6-7H,4-5,8-9,14H2,1-3H3,(H2,15,19). The molecule has 1 aromatic heterocycles. The Bertz CT molecular complexity index is 433. The second-order valence-electron chi connectivity index (χ2n) is 4.71. The van der Waals surface area contributed by atoms with E-state index in [0.717, 1.165) is 26.1 Å². The number of carbonyl (C=O) groups excluding carboxylic acids is 1. The summed E-state index contributed by atoms with van der Waals surface area (Å²) < 4.78 is 0. The highest BCUT2D eigenvalue weighted by Gasteiger charge is 2.12. The number of nitrogens with two attached hydrogens (primary N) is 2. The van der Waals surface area contributed by atoms with Crippen molar-refractivity contribution in [2.45, 2.75) is 13.3 Å². The molecule has 19 heavy (non-hydrogen) atoms. The van der Waals surface area contributed by atoms with E-state index in [1.165, 1.54) is 0 Å². The summed E-state index contributed by atoms with van der Waals surface area (Å²) >= 11 is 0. The van der Waals surface area contributed by atoms with Crippen molar-refractivity contribution in [3.63, 3.8) is 0 Å². The normalized spacial score (nSPS) is 10.7. The van der Waals surface area contributed by atoms with Crippen LogP contribution in [0.25, 0.3) is 0 Å². The van der Waals surface area contributed by atoms with Gasteiger partial charge in [0.25, 0.3) is 5.91 Å². The number of rotatable bonds is 7. The van der Waals surface area contributed by atoms with Gasteiger partial charge in [0.15, 0.2) is 5.82 Å². The summed E-state index contributed by atoms with van der Waals surface area (Å²) in [6.07, 6.45) is 1.00. The van der Waals surface area contributed by atoms with Gasteiger partial charge < -0.3 is 21.3 Å². The number of primary amides is 1. The molecule has 0 unspecified atom stereocenters. The molecule has 0 aliphatic heterocycles. The zero-order valence-corrected chi connectivity index (χ0v) is 11.9. The van der Waals surface area contributed by atoms with Crippen molar-refractivity contribution in [1.29, 1.82) is 0 Å². The van der Waals surface area contributed by atoms with Crippen LogP contribution in [0.5, 0.6) is 0 Å². The maximum absolute atomic E-state index is 11.2. The predicted molar refractivity (Wildman–Crippen MR) is 78.2 cm³/mol. The number of nitrogen functional groups attached to an aromatic ring is 1. The lowest BCUT2D eigenvalue weighted by molar-refractivity contribution is 0.0995. The van der Waals surface area contributed by atoms with Crippen LogP contribution in [-0.4, -0.2) is 49.5 Å². The van der Waals surface area contributed by atoms with Crippen LogP contribution < -0.4 is 16.4 Å². The molecule has 6 heteroatoms. The fourth-order valence-corrected chi connectivity index (χ4v) is 1.84. The van der Waals surface area contributed by atoms with E-state index in [9.17, 15) is 4.79 Å². The van der Waals surface area contributed by atoms with E-state index in [2.05, 4.69) is 14.8 Å². The molecular formula is C13H23N5O. The Balaban J connectivity index is 2.84. The molecule has 0 atom stereocenters. The molecule has 1 aromatic rings. The average molecular weight is 265 g/mol. The number of aromatic nitrogens is 1. The largest absolute Gasteiger partial charge is 0.396 e. The van der Waals surface area contributed by atoms with Gasteiger partial charge in [-0.2, -0.15) is 0 Å². The minimum absolute atomic E-state index is 0.246. The molecule has 0 saturated heterocycles. The molecule has 0 aliphatic carbocycles. The highest BCUT2D eigenvalue weighted by Crippen LogP contribution is 2.20. The van der Waals surface area contributed by atoms with Gasteiger partial charge in [-0.05, 0) is 46.1 Å². The van der Waals surface area contributed by atoms with Gasteiger partial charge in [-0.1, -0.05) is 0 Å². The molecule has 1 rings (SSSR count). The number of amides is 1. The molecule has 6 nitrogen and oxygen atoms in total. The summed E-state index contributed by atoms with van der Waals surface area (Å²) in [6.45, 7) is 4.65. The van der Waals surface area contributed by atoms with Crippen LogP contribution >= 0.6 is 0 Å². The average Bonchev–Trinajstić information content (AvgIpc) is 2.35. The lowest BCUT2D eigenvalue weighted by Crippen LogP contribution is -2.29. The first-order valence-corrected chi connectivity index (χ1v) is 6.41. The van der Waals surface area contributed by atoms with E-state index in [1.807, 2.05) is 21.0 Å². The van der Waals surface area contributed by atoms with Gasteiger partial charge in [0, 0.05) is 13.1 Å². The lowest BCUT2D eigenvalue weighted by Gasteiger charge is -2.24. The fourth-order valence-electron chi connectivity index (χ4n) is 1.84. The zero-order valence-electron chi connectivity index (χ0n) is 11.9. The van der Waals surface area contributed by atoms with E-state index < -0.39 is 5.91 Å².